The monoisotopic (exact) mass is 475 g/mol. The van der Waals surface area contributed by atoms with E-state index in [-0.39, 0.29) is 22.1 Å². The highest BCUT2D eigenvalue weighted by Gasteiger charge is 2.27. The van der Waals surface area contributed by atoms with Crippen molar-refractivity contribution in [1.29, 1.82) is 0 Å². The van der Waals surface area contributed by atoms with Crippen molar-refractivity contribution in [1.82, 2.24) is 9.97 Å². The molecule has 2 aromatic carbocycles. The average Bonchev–Trinajstić information content (AvgIpc) is 3.18. The van der Waals surface area contributed by atoms with Crippen molar-refractivity contribution >= 4 is 54.0 Å². The Morgan fingerprint density at radius 1 is 1.06 bits per heavy atom. The highest BCUT2D eigenvalue weighted by molar-refractivity contribution is 7.92. The summed E-state index contributed by atoms with van der Waals surface area (Å²) in [4.78, 5) is 22.8. The predicted molar refractivity (Wildman–Crippen MR) is 119 cm³/mol. The molecule has 1 amide bonds. The van der Waals surface area contributed by atoms with Gasteiger partial charge in [0.2, 0.25) is 5.91 Å². The Kier molecular flexibility index (Phi) is 5.99. The fourth-order valence-corrected chi connectivity index (χ4v) is 5.22. The number of aromatic nitrogens is 2. The van der Waals surface area contributed by atoms with Crippen LogP contribution in [0.2, 0.25) is 5.02 Å². The Morgan fingerprint density at radius 2 is 1.84 bits per heavy atom. The van der Waals surface area contributed by atoms with Crippen molar-refractivity contribution in [2.45, 2.75) is 11.4 Å². The van der Waals surface area contributed by atoms with E-state index >= 15 is 0 Å². The number of anilines is 1. The number of carbonyl (C=O) groups excluding carboxylic acids is 1. The van der Waals surface area contributed by atoms with Crippen molar-refractivity contribution in [2.24, 2.45) is 0 Å². The maximum absolute atomic E-state index is 14.1. The summed E-state index contributed by atoms with van der Waals surface area (Å²) in [6.07, 6.45) is 1.57. The number of halogens is 2. The summed E-state index contributed by atoms with van der Waals surface area (Å²) in [5.74, 6) is -1.99. The van der Waals surface area contributed by atoms with Gasteiger partial charge in [0.25, 0.3) is 0 Å². The van der Waals surface area contributed by atoms with Crippen LogP contribution in [-0.2, 0) is 21.2 Å². The topological polar surface area (TPSA) is 80.2 Å². The molecule has 0 saturated heterocycles. The molecule has 0 aliphatic heterocycles. The first-order valence-corrected chi connectivity index (χ1v) is 11.9. The predicted octanol–water partition coefficient (Wildman–Crippen LogP) is 4.49. The number of amides is 1. The fraction of sp³-hybridized carbons (Fsp3) is 0.0952. The van der Waals surface area contributed by atoms with Crippen molar-refractivity contribution < 1.29 is 17.6 Å². The van der Waals surface area contributed by atoms with Crippen molar-refractivity contribution in [2.75, 3.05) is 10.7 Å². The molecule has 0 unspecified atom stereocenters. The first-order valence-electron chi connectivity index (χ1n) is 9.07. The standard InChI is InChI=1S/C21H15ClFN3O3S2/c22-14-7-9-16(10-8-14)31(28,29)13-19(27)26(12-15-4-1-2-11-24-15)21-25-20-17(23)5-3-6-18(20)30-21/h1-11H,12-13H2. The lowest BCUT2D eigenvalue weighted by Crippen LogP contribution is -2.35. The van der Waals surface area contributed by atoms with Crippen LogP contribution in [0.1, 0.15) is 5.69 Å². The van der Waals surface area contributed by atoms with Crippen LogP contribution in [0, 0.1) is 5.82 Å². The Hall–Kier alpha value is -2.88. The SMILES string of the molecule is O=C(CS(=O)(=O)c1ccc(Cl)cc1)N(Cc1ccccn1)c1nc2c(F)cccc2s1. The van der Waals surface area contributed by atoms with Gasteiger partial charge in [-0.3, -0.25) is 14.7 Å². The van der Waals surface area contributed by atoms with Gasteiger partial charge in [0.1, 0.15) is 17.1 Å². The molecule has 2 heterocycles. The Balaban J connectivity index is 1.70. The quantitative estimate of drug-likeness (QED) is 0.410. The zero-order chi connectivity index (χ0) is 22.0. The molecule has 4 rings (SSSR count). The van der Waals surface area contributed by atoms with Gasteiger partial charge in [-0.25, -0.2) is 17.8 Å². The molecule has 6 nitrogen and oxygen atoms in total. The highest BCUT2D eigenvalue weighted by Crippen LogP contribution is 2.31. The second-order valence-corrected chi connectivity index (χ2v) is 10.0. The van der Waals surface area contributed by atoms with Crippen LogP contribution in [-0.4, -0.2) is 30.0 Å². The van der Waals surface area contributed by atoms with Gasteiger partial charge in [0, 0.05) is 11.2 Å². The van der Waals surface area contributed by atoms with E-state index in [1.807, 2.05) is 0 Å². The first-order chi connectivity index (χ1) is 14.8. The van der Waals surface area contributed by atoms with E-state index in [0.717, 1.165) is 11.3 Å². The fourth-order valence-electron chi connectivity index (χ4n) is 2.90. The largest absolute Gasteiger partial charge is 0.281 e. The lowest BCUT2D eigenvalue weighted by Gasteiger charge is -2.19. The van der Waals surface area contributed by atoms with Gasteiger partial charge in [0.05, 0.1) is 21.8 Å². The summed E-state index contributed by atoms with van der Waals surface area (Å²) in [6.45, 7) is -0.00273. The summed E-state index contributed by atoms with van der Waals surface area (Å²) >= 11 is 6.93. The van der Waals surface area contributed by atoms with Gasteiger partial charge >= 0.3 is 0 Å². The minimum Gasteiger partial charge on any atom is -0.281 e. The maximum atomic E-state index is 14.1. The van der Waals surface area contributed by atoms with Crippen LogP contribution < -0.4 is 4.90 Å². The molecule has 0 bridgehead atoms. The van der Waals surface area contributed by atoms with Gasteiger partial charge in [-0.05, 0) is 48.5 Å². The summed E-state index contributed by atoms with van der Waals surface area (Å²) in [6, 6.07) is 15.3. The molecule has 158 valence electrons. The number of thiazole rings is 1. The molecule has 0 saturated carbocycles. The normalized spacial score (nSPS) is 11.5. The molecule has 31 heavy (non-hydrogen) atoms. The Bertz CT molecular complexity index is 1340. The number of benzene rings is 2. The number of para-hydroxylation sites is 1. The number of hydrogen-bond donors (Lipinski definition) is 0. The summed E-state index contributed by atoms with van der Waals surface area (Å²) in [5, 5.41) is 0.584. The maximum Gasteiger partial charge on any atom is 0.244 e. The van der Waals surface area contributed by atoms with E-state index in [1.165, 1.54) is 35.2 Å². The van der Waals surface area contributed by atoms with Crippen LogP contribution in [0.25, 0.3) is 10.2 Å². The summed E-state index contributed by atoms with van der Waals surface area (Å²) in [7, 11) is -3.93. The smallest absolute Gasteiger partial charge is 0.244 e. The van der Waals surface area contributed by atoms with Crippen molar-refractivity contribution in [3.63, 3.8) is 0 Å². The molecular formula is C21H15ClFN3O3S2. The van der Waals surface area contributed by atoms with Crippen LogP contribution >= 0.6 is 22.9 Å². The molecule has 0 aliphatic rings. The van der Waals surface area contributed by atoms with E-state index in [9.17, 15) is 17.6 Å². The number of hydrogen-bond acceptors (Lipinski definition) is 6. The molecular weight excluding hydrogens is 461 g/mol. The minimum absolute atomic E-state index is 0.00273. The second-order valence-electron chi connectivity index (χ2n) is 6.60. The number of pyridine rings is 1. The summed E-state index contributed by atoms with van der Waals surface area (Å²) < 4.78 is 40.3. The minimum atomic E-state index is -3.93. The zero-order valence-electron chi connectivity index (χ0n) is 15.9. The number of nitrogens with zero attached hydrogens (tertiary/aromatic N) is 3. The second kappa shape index (κ2) is 8.70. The number of carbonyl (C=O) groups is 1. The molecule has 0 spiro atoms. The third-order valence-electron chi connectivity index (χ3n) is 4.42. The van der Waals surface area contributed by atoms with Crippen molar-refractivity contribution in [3.05, 3.63) is 83.4 Å². The van der Waals surface area contributed by atoms with E-state index in [0.29, 0.717) is 15.4 Å². The summed E-state index contributed by atoms with van der Waals surface area (Å²) in [5.41, 5.74) is 0.668. The Morgan fingerprint density at radius 3 is 2.52 bits per heavy atom. The van der Waals surface area contributed by atoms with Gasteiger partial charge in [-0.1, -0.05) is 35.1 Å². The van der Waals surface area contributed by atoms with Gasteiger partial charge in [0.15, 0.2) is 15.0 Å². The number of rotatable bonds is 6. The molecule has 0 atom stereocenters. The van der Waals surface area contributed by atoms with Crippen LogP contribution in [0.4, 0.5) is 9.52 Å². The van der Waals surface area contributed by atoms with Gasteiger partial charge < -0.3 is 0 Å². The lowest BCUT2D eigenvalue weighted by molar-refractivity contribution is -0.116. The number of fused-ring (bicyclic) bond motifs is 1. The van der Waals surface area contributed by atoms with Crippen LogP contribution in [0.3, 0.4) is 0 Å². The molecule has 0 radical (unpaired) electrons. The van der Waals surface area contributed by atoms with E-state index in [2.05, 4.69) is 9.97 Å². The molecule has 10 heteroatoms. The van der Waals surface area contributed by atoms with Gasteiger partial charge in [-0.15, -0.1) is 0 Å². The Labute approximate surface area is 186 Å². The molecule has 4 aromatic rings. The molecule has 0 fully saturated rings. The third-order valence-corrected chi connectivity index (χ3v) is 7.34. The molecule has 0 N–H and O–H groups in total. The highest BCUT2D eigenvalue weighted by atomic mass is 35.5. The number of sulfone groups is 1. The third kappa shape index (κ3) is 4.73. The van der Waals surface area contributed by atoms with Gasteiger partial charge in [-0.2, -0.15) is 0 Å². The van der Waals surface area contributed by atoms with E-state index < -0.39 is 27.3 Å². The molecule has 2 aromatic heterocycles. The first kappa shape index (κ1) is 21.4. The van der Waals surface area contributed by atoms with Crippen LogP contribution in [0.15, 0.2) is 71.8 Å². The van der Waals surface area contributed by atoms with E-state index in [4.69, 9.17) is 11.6 Å². The average molecular weight is 476 g/mol. The van der Waals surface area contributed by atoms with Crippen molar-refractivity contribution in [3.8, 4) is 0 Å². The van der Waals surface area contributed by atoms with Crippen LogP contribution in [0.5, 0.6) is 0 Å². The molecule has 0 aliphatic carbocycles. The lowest BCUT2D eigenvalue weighted by atomic mass is 10.3. The zero-order valence-corrected chi connectivity index (χ0v) is 18.3. The van der Waals surface area contributed by atoms with E-state index in [1.54, 1.807) is 36.5 Å².